The van der Waals surface area contributed by atoms with Gasteiger partial charge in [0, 0.05) is 32.3 Å². The second-order valence-corrected chi connectivity index (χ2v) is 5.10. The monoisotopic (exact) mass is 308 g/mol. The van der Waals surface area contributed by atoms with Crippen LogP contribution in [0, 0.1) is 6.92 Å². The van der Waals surface area contributed by atoms with Crippen LogP contribution in [0.15, 0.2) is 0 Å². The Hall–Kier alpha value is -1.24. The third-order valence-corrected chi connectivity index (χ3v) is 3.32. The maximum absolute atomic E-state index is 12.3. The number of halogens is 4. The lowest BCUT2D eigenvalue weighted by Gasteiger charge is -2.10. The van der Waals surface area contributed by atoms with Crippen molar-refractivity contribution in [2.24, 2.45) is 7.05 Å². The number of rotatable bonds is 5. The second kappa shape index (κ2) is 5.63. The SMILES string of the molecule is Cc1nn(C)c2c1nc(CCCl)n2CCCC(F)(F)F. The average Bonchev–Trinajstić information content (AvgIpc) is 2.79. The molecule has 0 spiro atoms. The molecule has 2 aromatic heterocycles. The fourth-order valence-corrected chi connectivity index (χ4v) is 2.50. The van der Waals surface area contributed by atoms with Crippen molar-refractivity contribution in [2.45, 2.75) is 38.9 Å². The molecule has 8 heteroatoms. The maximum Gasteiger partial charge on any atom is 0.389 e. The first kappa shape index (κ1) is 15.2. The molecule has 0 atom stereocenters. The Bertz CT molecular complexity index is 600. The van der Waals surface area contributed by atoms with E-state index in [1.165, 1.54) is 0 Å². The van der Waals surface area contributed by atoms with Crippen LogP contribution in [0.25, 0.3) is 11.2 Å². The second-order valence-electron chi connectivity index (χ2n) is 4.72. The van der Waals surface area contributed by atoms with E-state index < -0.39 is 12.6 Å². The van der Waals surface area contributed by atoms with Gasteiger partial charge in [-0.2, -0.15) is 18.3 Å². The Balaban J connectivity index is 2.30. The smallest absolute Gasteiger partial charge is 0.313 e. The molecule has 0 amide bonds. The van der Waals surface area contributed by atoms with Crippen LogP contribution < -0.4 is 0 Å². The zero-order valence-corrected chi connectivity index (χ0v) is 12.1. The highest BCUT2D eigenvalue weighted by molar-refractivity contribution is 6.17. The van der Waals surface area contributed by atoms with Crippen molar-refractivity contribution in [1.82, 2.24) is 19.3 Å². The van der Waals surface area contributed by atoms with E-state index in [2.05, 4.69) is 10.1 Å². The van der Waals surface area contributed by atoms with Gasteiger partial charge >= 0.3 is 6.18 Å². The number of hydrogen-bond acceptors (Lipinski definition) is 2. The molecule has 0 aliphatic rings. The van der Waals surface area contributed by atoms with Gasteiger partial charge in [-0.1, -0.05) is 0 Å². The summed E-state index contributed by atoms with van der Waals surface area (Å²) >= 11 is 5.73. The summed E-state index contributed by atoms with van der Waals surface area (Å²) in [7, 11) is 1.77. The fourth-order valence-electron chi connectivity index (χ4n) is 2.33. The number of aryl methyl sites for hydroxylation is 4. The van der Waals surface area contributed by atoms with E-state index in [9.17, 15) is 13.2 Å². The summed E-state index contributed by atoms with van der Waals surface area (Å²) in [4.78, 5) is 4.45. The zero-order valence-electron chi connectivity index (χ0n) is 11.3. The van der Waals surface area contributed by atoms with E-state index >= 15 is 0 Å². The van der Waals surface area contributed by atoms with Gasteiger partial charge in [-0.25, -0.2) is 4.98 Å². The Morgan fingerprint density at radius 1 is 1.30 bits per heavy atom. The van der Waals surface area contributed by atoms with Gasteiger partial charge in [0.2, 0.25) is 0 Å². The summed E-state index contributed by atoms with van der Waals surface area (Å²) in [5, 5.41) is 4.25. The third kappa shape index (κ3) is 3.08. The van der Waals surface area contributed by atoms with Crippen LogP contribution in [0.5, 0.6) is 0 Å². The molecule has 2 rings (SSSR count). The predicted molar refractivity (Wildman–Crippen MR) is 70.9 cm³/mol. The van der Waals surface area contributed by atoms with E-state index in [1.54, 1.807) is 16.3 Å². The molecule has 112 valence electrons. The first-order valence-electron chi connectivity index (χ1n) is 6.35. The number of fused-ring (bicyclic) bond motifs is 1. The minimum absolute atomic E-state index is 0.0223. The molecule has 0 bridgehead atoms. The van der Waals surface area contributed by atoms with Gasteiger partial charge in [0.25, 0.3) is 0 Å². The molecule has 0 unspecified atom stereocenters. The molecule has 4 nitrogen and oxygen atoms in total. The molecule has 0 N–H and O–H groups in total. The largest absolute Gasteiger partial charge is 0.389 e. The Kier molecular flexibility index (Phi) is 4.27. The van der Waals surface area contributed by atoms with Crippen molar-refractivity contribution in [1.29, 1.82) is 0 Å². The highest BCUT2D eigenvalue weighted by Crippen LogP contribution is 2.24. The molecule has 0 aliphatic heterocycles. The standard InChI is InChI=1S/C12H16ClF3N4/c1-8-10-11(19(2)18-8)20(9(17-10)4-6-13)7-3-5-12(14,15)16/h3-7H2,1-2H3. The summed E-state index contributed by atoms with van der Waals surface area (Å²) < 4.78 is 40.3. The van der Waals surface area contributed by atoms with Crippen LogP contribution in [0.2, 0.25) is 0 Å². The summed E-state index contributed by atoms with van der Waals surface area (Å²) in [6, 6.07) is 0. The van der Waals surface area contributed by atoms with Crippen molar-refractivity contribution >= 4 is 22.8 Å². The number of imidazole rings is 1. The molecular formula is C12H16ClF3N4. The average molecular weight is 309 g/mol. The van der Waals surface area contributed by atoms with Gasteiger partial charge < -0.3 is 4.57 Å². The zero-order chi connectivity index (χ0) is 14.9. The van der Waals surface area contributed by atoms with Crippen LogP contribution in [-0.2, 0) is 20.0 Å². The lowest BCUT2D eigenvalue weighted by Crippen LogP contribution is -2.12. The molecule has 2 heterocycles. The van der Waals surface area contributed by atoms with Crippen molar-refractivity contribution < 1.29 is 13.2 Å². The van der Waals surface area contributed by atoms with Crippen LogP contribution in [0.1, 0.15) is 24.4 Å². The molecular weight excluding hydrogens is 293 g/mol. The van der Waals surface area contributed by atoms with Crippen LogP contribution in [-0.4, -0.2) is 31.4 Å². The Morgan fingerprint density at radius 3 is 2.60 bits per heavy atom. The molecule has 0 aromatic carbocycles. The van der Waals surface area contributed by atoms with E-state index in [1.807, 2.05) is 6.92 Å². The quantitative estimate of drug-likeness (QED) is 0.795. The molecule has 0 aliphatic carbocycles. The van der Waals surface area contributed by atoms with Gasteiger partial charge in [0.05, 0.1) is 5.69 Å². The van der Waals surface area contributed by atoms with Crippen LogP contribution in [0.3, 0.4) is 0 Å². The molecule has 0 fully saturated rings. The van der Waals surface area contributed by atoms with Crippen molar-refractivity contribution in [3.63, 3.8) is 0 Å². The third-order valence-electron chi connectivity index (χ3n) is 3.13. The van der Waals surface area contributed by atoms with Crippen molar-refractivity contribution in [3.8, 4) is 0 Å². The maximum atomic E-state index is 12.3. The molecule has 0 saturated heterocycles. The number of alkyl halides is 4. The molecule has 0 saturated carbocycles. The summed E-state index contributed by atoms with van der Waals surface area (Å²) in [6.45, 7) is 2.10. The Labute approximate surface area is 119 Å². The summed E-state index contributed by atoms with van der Waals surface area (Å²) in [5.74, 6) is 1.10. The predicted octanol–water partition coefficient (Wildman–Crippen LogP) is 3.20. The van der Waals surface area contributed by atoms with Gasteiger partial charge in [-0.15, -0.1) is 11.6 Å². The van der Waals surface area contributed by atoms with E-state index in [0.717, 1.165) is 16.9 Å². The lowest BCUT2D eigenvalue weighted by molar-refractivity contribution is -0.135. The van der Waals surface area contributed by atoms with Gasteiger partial charge in [-0.3, -0.25) is 4.68 Å². The Morgan fingerprint density at radius 2 is 2.00 bits per heavy atom. The minimum Gasteiger partial charge on any atom is -0.313 e. The minimum atomic E-state index is -4.13. The van der Waals surface area contributed by atoms with Gasteiger partial charge in [-0.05, 0) is 13.3 Å². The first-order chi connectivity index (χ1) is 9.33. The summed E-state index contributed by atoms with van der Waals surface area (Å²) in [5.41, 5.74) is 2.26. The summed E-state index contributed by atoms with van der Waals surface area (Å²) in [6.07, 6.45) is -4.38. The fraction of sp³-hybridized carbons (Fsp3) is 0.667. The molecule has 2 aromatic rings. The van der Waals surface area contributed by atoms with E-state index in [0.29, 0.717) is 18.1 Å². The normalized spacial score (nSPS) is 12.5. The van der Waals surface area contributed by atoms with Crippen molar-refractivity contribution in [3.05, 3.63) is 11.5 Å². The van der Waals surface area contributed by atoms with Crippen molar-refractivity contribution in [2.75, 3.05) is 5.88 Å². The number of aromatic nitrogens is 4. The highest BCUT2D eigenvalue weighted by Gasteiger charge is 2.26. The lowest BCUT2D eigenvalue weighted by atomic mass is 10.3. The topological polar surface area (TPSA) is 35.6 Å². The number of nitrogens with zero attached hydrogens (tertiary/aromatic N) is 4. The van der Waals surface area contributed by atoms with Gasteiger partial charge in [0.1, 0.15) is 11.3 Å². The van der Waals surface area contributed by atoms with Crippen LogP contribution in [0.4, 0.5) is 13.2 Å². The number of hydrogen-bond donors (Lipinski definition) is 0. The van der Waals surface area contributed by atoms with E-state index in [4.69, 9.17) is 11.6 Å². The highest BCUT2D eigenvalue weighted by atomic mass is 35.5. The first-order valence-corrected chi connectivity index (χ1v) is 6.88. The van der Waals surface area contributed by atoms with E-state index in [-0.39, 0.29) is 13.0 Å². The molecule has 20 heavy (non-hydrogen) atoms. The van der Waals surface area contributed by atoms with Crippen LogP contribution >= 0.6 is 11.6 Å². The van der Waals surface area contributed by atoms with Gasteiger partial charge in [0.15, 0.2) is 5.65 Å². The molecule has 0 radical (unpaired) electrons.